The van der Waals surface area contributed by atoms with Crippen molar-refractivity contribution in [3.8, 4) is 0 Å². The van der Waals surface area contributed by atoms with Crippen LogP contribution in [0.2, 0.25) is 0 Å². The second kappa shape index (κ2) is 6.34. The third kappa shape index (κ3) is 2.39. The van der Waals surface area contributed by atoms with E-state index in [1.807, 2.05) is 0 Å². The number of para-hydroxylation sites is 1. The molecule has 1 fully saturated rings. The lowest BCUT2D eigenvalue weighted by atomic mass is 9.74. The predicted molar refractivity (Wildman–Crippen MR) is 105 cm³/mol. The molecular formula is C19H24N2OS2. The largest absolute Gasteiger partial charge is 0.359 e. The van der Waals surface area contributed by atoms with Crippen LogP contribution in [0.1, 0.15) is 31.0 Å². The van der Waals surface area contributed by atoms with E-state index in [-0.39, 0.29) is 9.99 Å². The van der Waals surface area contributed by atoms with Crippen LogP contribution in [0, 0.1) is 11.8 Å². The molecule has 128 valence electrons. The standard InChI is InChI=1S/C19H24N2OS2/c1-3-12-10-14-13-6-4-5-7-16(13)21-18(14)19(23-8-9-24-19)15(12)11-17(22)20-2/h4-7,12,15,21H,3,8-11H2,1-2H3,(H,20,22)/t12-,15+/m1/s1. The fraction of sp³-hybridized carbons (Fsp3) is 0.526. The molecule has 0 radical (unpaired) electrons. The maximum atomic E-state index is 12.2. The number of carbonyl (C=O) groups is 1. The van der Waals surface area contributed by atoms with Crippen molar-refractivity contribution in [2.75, 3.05) is 18.6 Å². The summed E-state index contributed by atoms with van der Waals surface area (Å²) in [5, 5.41) is 4.22. The van der Waals surface area contributed by atoms with E-state index >= 15 is 0 Å². The van der Waals surface area contributed by atoms with Crippen molar-refractivity contribution in [1.82, 2.24) is 10.3 Å². The van der Waals surface area contributed by atoms with Crippen molar-refractivity contribution < 1.29 is 4.79 Å². The molecule has 1 aromatic heterocycles. The van der Waals surface area contributed by atoms with E-state index in [1.54, 1.807) is 7.05 Å². The molecule has 2 aromatic rings. The average molecular weight is 361 g/mol. The Balaban J connectivity index is 1.88. The highest BCUT2D eigenvalue weighted by Crippen LogP contribution is 2.63. The molecule has 3 nitrogen and oxygen atoms in total. The molecule has 2 atom stereocenters. The molecule has 0 unspecified atom stereocenters. The summed E-state index contributed by atoms with van der Waals surface area (Å²) in [4.78, 5) is 16.0. The average Bonchev–Trinajstić information content (AvgIpc) is 3.23. The number of thioether (sulfide) groups is 2. The van der Waals surface area contributed by atoms with Gasteiger partial charge < -0.3 is 10.3 Å². The molecule has 0 saturated carbocycles. The van der Waals surface area contributed by atoms with Crippen molar-refractivity contribution in [2.45, 2.75) is 30.3 Å². The number of fused-ring (bicyclic) bond motifs is 4. The number of aromatic amines is 1. The first-order valence-corrected chi connectivity index (χ1v) is 10.7. The van der Waals surface area contributed by atoms with Crippen molar-refractivity contribution in [3.05, 3.63) is 35.5 Å². The Kier molecular flexibility index (Phi) is 4.33. The first-order chi connectivity index (χ1) is 11.7. The number of hydrogen-bond acceptors (Lipinski definition) is 3. The van der Waals surface area contributed by atoms with E-state index in [9.17, 15) is 4.79 Å². The normalized spacial score (nSPS) is 25.1. The van der Waals surface area contributed by atoms with E-state index in [4.69, 9.17) is 0 Å². The first kappa shape index (κ1) is 16.4. The maximum Gasteiger partial charge on any atom is 0.220 e. The minimum Gasteiger partial charge on any atom is -0.359 e. The van der Waals surface area contributed by atoms with Crippen LogP contribution in [0.3, 0.4) is 0 Å². The number of aromatic nitrogens is 1. The second-order valence-electron chi connectivity index (χ2n) is 6.74. The van der Waals surface area contributed by atoms with E-state index in [0.717, 1.165) is 12.8 Å². The molecule has 1 spiro atoms. The monoisotopic (exact) mass is 360 g/mol. The van der Waals surface area contributed by atoms with Gasteiger partial charge in [-0.1, -0.05) is 31.5 Å². The number of hydrogen-bond donors (Lipinski definition) is 2. The Morgan fingerprint density at radius 3 is 2.79 bits per heavy atom. The van der Waals surface area contributed by atoms with Gasteiger partial charge in [-0.05, 0) is 24.0 Å². The van der Waals surface area contributed by atoms with E-state index in [0.29, 0.717) is 18.3 Å². The molecule has 1 aliphatic carbocycles. The fourth-order valence-corrected chi connectivity index (χ4v) is 8.15. The van der Waals surface area contributed by atoms with Gasteiger partial charge in [0.05, 0.1) is 0 Å². The summed E-state index contributed by atoms with van der Waals surface area (Å²) in [7, 11) is 1.75. The minimum atomic E-state index is 0.0137. The van der Waals surface area contributed by atoms with Crippen LogP contribution in [-0.4, -0.2) is 29.4 Å². The van der Waals surface area contributed by atoms with Crippen LogP contribution in [0.5, 0.6) is 0 Å². The van der Waals surface area contributed by atoms with Crippen LogP contribution >= 0.6 is 23.5 Å². The smallest absolute Gasteiger partial charge is 0.220 e. The van der Waals surface area contributed by atoms with Gasteiger partial charge in [-0.25, -0.2) is 0 Å². The molecule has 1 aliphatic heterocycles. The van der Waals surface area contributed by atoms with Crippen molar-refractivity contribution >= 4 is 40.3 Å². The lowest BCUT2D eigenvalue weighted by Gasteiger charge is -2.44. The summed E-state index contributed by atoms with van der Waals surface area (Å²) in [6.45, 7) is 2.28. The molecule has 4 rings (SSSR count). The van der Waals surface area contributed by atoms with E-state index in [1.165, 1.54) is 33.7 Å². The summed E-state index contributed by atoms with van der Waals surface area (Å²) in [6, 6.07) is 8.66. The van der Waals surface area contributed by atoms with Gasteiger partial charge in [0.1, 0.15) is 4.08 Å². The van der Waals surface area contributed by atoms with Gasteiger partial charge in [-0.15, -0.1) is 23.5 Å². The highest BCUT2D eigenvalue weighted by atomic mass is 32.2. The topological polar surface area (TPSA) is 44.9 Å². The van der Waals surface area contributed by atoms with Crippen LogP contribution in [0.4, 0.5) is 0 Å². The highest BCUT2D eigenvalue weighted by molar-refractivity contribution is 8.20. The lowest BCUT2D eigenvalue weighted by Crippen LogP contribution is -2.41. The quantitative estimate of drug-likeness (QED) is 0.865. The Morgan fingerprint density at radius 2 is 2.08 bits per heavy atom. The zero-order valence-electron chi connectivity index (χ0n) is 14.2. The van der Waals surface area contributed by atoms with Gasteiger partial charge in [0.25, 0.3) is 0 Å². The molecular weight excluding hydrogens is 336 g/mol. The molecule has 1 saturated heterocycles. The summed E-state index contributed by atoms with van der Waals surface area (Å²) in [5.74, 6) is 3.46. The van der Waals surface area contributed by atoms with Crippen molar-refractivity contribution in [2.24, 2.45) is 11.8 Å². The molecule has 5 heteroatoms. The number of rotatable bonds is 3. The SMILES string of the molecule is CC[C@@H]1Cc2c([nH]c3ccccc23)C2(SCCS2)[C@H]1CC(=O)NC. The molecule has 1 amide bonds. The van der Waals surface area contributed by atoms with Gasteiger partial charge in [0.15, 0.2) is 0 Å². The molecule has 1 aromatic carbocycles. The summed E-state index contributed by atoms with van der Waals surface area (Å²) < 4.78 is 0.0137. The number of nitrogens with one attached hydrogen (secondary N) is 2. The zero-order chi connectivity index (χ0) is 16.7. The predicted octanol–water partition coefficient (Wildman–Crippen LogP) is 4.14. The maximum absolute atomic E-state index is 12.2. The Hall–Kier alpha value is -1.07. The van der Waals surface area contributed by atoms with E-state index < -0.39 is 0 Å². The van der Waals surface area contributed by atoms with Crippen LogP contribution in [0.25, 0.3) is 10.9 Å². The molecule has 24 heavy (non-hydrogen) atoms. The number of carbonyl (C=O) groups excluding carboxylic acids is 1. The Bertz CT molecular complexity index is 764. The van der Waals surface area contributed by atoms with Gasteiger partial charge in [-0.2, -0.15) is 0 Å². The molecule has 2 N–H and O–H groups in total. The van der Waals surface area contributed by atoms with Crippen LogP contribution in [-0.2, 0) is 15.3 Å². The Morgan fingerprint density at radius 1 is 1.33 bits per heavy atom. The second-order valence-corrected chi connectivity index (χ2v) is 9.68. The van der Waals surface area contributed by atoms with E-state index in [2.05, 4.69) is 65.0 Å². The van der Waals surface area contributed by atoms with Crippen LogP contribution in [0.15, 0.2) is 24.3 Å². The van der Waals surface area contributed by atoms with Crippen molar-refractivity contribution in [1.29, 1.82) is 0 Å². The third-order valence-corrected chi connectivity index (χ3v) is 9.26. The first-order valence-electron chi connectivity index (χ1n) is 8.78. The molecule has 2 heterocycles. The highest BCUT2D eigenvalue weighted by Gasteiger charge is 2.53. The van der Waals surface area contributed by atoms with Gasteiger partial charge in [0.2, 0.25) is 5.91 Å². The molecule has 2 aliphatic rings. The lowest BCUT2D eigenvalue weighted by molar-refractivity contribution is -0.122. The van der Waals surface area contributed by atoms with Gasteiger partial charge in [-0.3, -0.25) is 4.79 Å². The van der Waals surface area contributed by atoms with Gasteiger partial charge in [0, 0.05) is 47.5 Å². The number of H-pyrrole nitrogens is 1. The third-order valence-electron chi connectivity index (χ3n) is 5.61. The summed E-state index contributed by atoms with van der Waals surface area (Å²) >= 11 is 4.11. The fourth-order valence-electron chi connectivity index (χ4n) is 4.43. The number of benzene rings is 1. The van der Waals surface area contributed by atoms with Crippen molar-refractivity contribution in [3.63, 3.8) is 0 Å². The Labute approximate surface area is 151 Å². The number of amides is 1. The zero-order valence-corrected chi connectivity index (χ0v) is 15.9. The summed E-state index contributed by atoms with van der Waals surface area (Å²) in [6.07, 6.45) is 2.84. The summed E-state index contributed by atoms with van der Waals surface area (Å²) in [5.41, 5.74) is 4.12. The molecule has 0 bridgehead atoms. The van der Waals surface area contributed by atoms with Crippen LogP contribution < -0.4 is 5.32 Å². The van der Waals surface area contributed by atoms with Gasteiger partial charge >= 0.3 is 0 Å². The minimum absolute atomic E-state index is 0.0137.